The number of nitrogens with zero attached hydrogens (tertiary/aromatic N) is 3. The van der Waals surface area contributed by atoms with E-state index >= 15 is 0 Å². The van der Waals surface area contributed by atoms with Crippen LogP contribution < -0.4 is 5.01 Å². The normalized spacial score (nSPS) is 22.8. The molecule has 2 rings (SSSR count). The zero-order valence-corrected chi connectivity index (χ0v) is 13.0. The minimum Gasteiger partial charge on any atom is -0.383 e. The molecule has 27 heavy (non-hydrogen) atoms. The number of hydrogen-bond acceptors (Lipinski definition) is 5. The highest BCUT2D eigenvalue weighted by atomic mass is 19.4. The summed E-state index contributed by atoms with van der Waals surface area (Å²) in [6.07, 6.45) is -21.3. The van der Waals surface area contributed by atoms with Crippen LogP contribution in [-0.2, 0) is 12.4 Å². The van der Waals surface area contributed by atoms with Crippen LogP contribution in [-0.4, -0.2) is 39.4 Å². The van der Waals surface area contributed by atoms with E-state index in [1.165, 1.54) is 0 Å². The first-order valence-electron chi connectivity index (χ1n) is 6.97. The third kappa shape index (κ3) is 4.26. The molecule has 14 heteroatoms. The summed E-state index contributed by atoms with van der Waals surface area (Å²) in [6.45, 7) is 0.930. The van der Waals surface area contributed by atoms with Gasteiger partial charge in [0.25, 0.3) is 0 Å². The molecule has 0 spiro atoms. The summed E-state index contributed by atoms with van der Waals surface area (Å²) in [5.74, 6) is -2.11. The van der Waals surface area contributed by atoms with E-state index in [1.54, 1.807) is 0 Å². The number of aliphatic hydroxyl groups is 2. The Kier molecular flexibility index (Phi) is 5.11. The van der Waals surface area contributed by atoms with Gasteiger partial charge >= 0.3 is 18.5 Å². The van der Waals surface area contributed by atoms with Crippen molar-refractivity contribution in [1.82, 2.24) is 4.98 Å². The summed E-state index contributed by atoms with van der Waals surface area (Å²) in [7, 11) is 0. The molecule has 3 unspecified atom stereocenters. The molecule has 152 valence electrons. The van der Waals surface area contributed by atoms with Crippen LogP contribution in [0.5, 0.6) is 0 Å². The lowest BCUT2D eigenvalue weighted by Crippen LogP contribution is -2.46. The summed E-state index contributed by atoms with van der Waals surface area (Å²) in [6, 6.07) is 0.190. The first kappa shape index (κ1) is 21.2. The van der Waals surface area contributed by atoms with Crippen LogP contribution in [0.15, 0.2) is 17.2 Å². The van der Waals surface area contributed by atoms with E-state index in [2.05, 4.69) is 10.1 Å². The van der Waals surface area contributed by atoms with Crippen LogP contribution in [0.25, 0.3) is 0 Å². The monoisotopic (exact) mass is 411 g/mol. The Labute approximate surface area is 144 Å². The van der Waals surface area contributed by atoms with Crippen molar-refractivity contribution in [3.63, 3.8) is 0 Å². The van der Waals surface area contributed by atoms with Crippen LogP contribution in [0.3, 0.4) is 0 Å². The Morgan fingerprint density at radius 3 is 1.78 bits per heavy atom. The molecule has 1 aliphatic heterocycles. The van der Waals surface area contributed by atoms with E-state index in [4.69, 9.17) is 0 Å². The number of pyridine rings is 1. The second-order valence-corrected chi connectivity index (χ2v) is 5.60. The molecule has 1 aromatic heterocycles. The summed E-state index contributed by atoms with van der Waals surface area (Å²) >= 11 is 0. The fourth-order valence-electron chi connectivity index (χ4n) is 2.41. The SMILES string of the molecule is CC1=NN(c2cc(C(F)(F)F)nc(C(F)(F)F)c2)C(O)C1C(O)C(F)(F)F. The predicted molar refractivity (Wildman–Crippen MR) is 71.4 cm³/mol. The second kappa shape index (κ2) is 6.51. The summed E-state index contributed by atoms with van der Waals surface area (Å²) in [5.41, 5.74) is -5.49. The quantitative estimate of drug-likeness (QED) is 0.734. The molecule has 1 aliphatic rings. The topological polar surface area (TPSA) is 69.0 Å². The molecule has 1 aromatic rings. The number of anilines is 1. The smallest absolute Gasteiger partial charge is 0.383 e. The highest BCUT2D eigenvalue weighted by Crippen LogP contribution is 2.39. The van der Waals surface area contributed by atoms with Crippen molar-refractivity contribution in [1.29, 1.82) is 0 Å². The van der Waals surface area contributed by atoms with E-state index in [1.807, 2.05) is 0 Å². The largest absolute Gasteiger partial charge is 0.433 e. The van der Waals surface area contributed by atoms with E-state index in [0.29, 0.717) is 0 Å². The molecule has 2 N–H and O–H groups in total. The van der Waals surface area contributed by atoms with Gasteiger partial charge in [0.05, 0.1) is 11.6 Å². The zero-order valence-electron chi connectivity index (χ0n) is 13.0. The molecule has 0 saturated heterocycles. The third-order valence-electron chi connectivity index (χ3n) is 3.65. The standard InChI is InChI=1S/C13H10F9N3O2/c1-4-8(9(26)13(20,21)22)10(27)25(24-4)5-2-6(11(14,15)16)23-7(3-5)12(17,18)19/h2-3,8-10,26-27H,1H3. The molecule has 3 atom stereocenters. The Morgan fingerprint density at radius 1 is 0.963 bits per heavy atom. The number of halogens is 9. The number of hydrogen-bond donors (Lipinski definition) is 2. The molecule has 0 aromatic carbocycles. The van der Waals surface area contributed by atoms with Crippen molar-refractivity contribution in [2.24, 2.45) is 11.0 Å². The van der Waals surface area contributed by atoms with Crippen LogP contribution >= 0.6 is 0 Å². The minimum atomic E-state index is -5.30. The summed E-state index contributed by atoms with van der Waals surface area (Å²) in [4.78, 5) is 2.45. The van der Waals surface area contributed by atoms with Gasteiger partial charge in [0.2, 0.25) is 0 Å². The van der Waals surface area contributed by atoms with Gasteiger partial charge in [-0.05, 0) is 19.1 Å². The van der Waals surface area contributed by atoms with Gasteiger partial charge in [0, 0.05) is 5.71 Å². The lowest BCUT2D eigenvalue weighted by atomic mass is 9.96. The fourth-order valence-corrected chi connectivity index (χ4v) is 2.41. The van der Waals surface area contributed by atoms with Gasteiger partial charge in [-0.2, -0.15) is 44.6 Å². The maximum absolute atomic E-state index is 12.8. The average molecular weight is 411 g/mol. The van der Waals surface area contributed by atoms with Gasteiger partial charge in [0.1, 0.15) is 11.4 Å². The van der Waals surface area contributed by atoms with Crippen molar-refractivity contribution in [3.05, 3.63) is 23.5 Å². The van der Waals surface area contributed by atoms with Crippen LogP contribution in [0.2, 0.25) is 0 Å². The van der Waals surface area contributed by atoms with Crippen molar-refractivity contribution < 1.29 is 49.7 Å². The maximum atomic E-state index is 12.8. The highest BCUT2D eigenvalue weighted by molar-refractivity contribution is 5.89. The number of alkyl halides is 9. The maximum Gasteiger partial charge on any atom is 0.433 e. The molecular formula is C13H10F9N3O2. The van der Waals surface area contributed by atoms with Crippen LogP contribution in [0.1, 0.15) is 18.3 Å². The Bertz CT molecular complexity index is 710. The lowest BCUT2D eigenvalue weighted by molar-refractivity contribution is -0.219. The summed E-state index contributed by atoms with van der Waals surface area (Å²) in [5, 5.41) is 22.8. The van der Waals surface area contributed by atoms with Crippen molar-refractivity contribution in [2.45, 2.75) is 37.8 Å². The molecule has 0 bridgehead atoms. The van der Waals surface area contributed by atoms with Gasteiger partial charge in [-0.1, -0.05) is 0 Å². The first-order valence-corrected chi connectivity index (χ1v) is 6.97. The number of hydrazone groups is 1. The molecule has 0 fully saturated rings. The van der Waals surface area contributed by atoms with Gasteiger partial charge in [-0.3, -0.25) is 0 Å². The molecule has 5 nitrogen and oxygen atoms in total. The summed E-state index contributed by atoms with van der Waals surface area (Å²) < 4.78 is 115. The van der Waals surface area contributed by atoms with Gasteiger partial charge in [0.15, 0.2) is 12.3 Å². The number of rotatable bonds is 2. The van der Waals surface area contributed by atoms with E-state index < -0.39 is 59.6 Å². The molecule has 2 heterocycles. The Morgan fingerprint density at radius 2 is 1.41 bits per heavy atom. The zero-order chi connectivity index (χ0) is 20.9. The molecule has 0 amide bonds. The van der Waals surface area contributed by atoms with Crippen LogP contribution in [0.4, 0.5) is 45.2 Å². The highest BCUT2D eigenvalue weighted by Gasteiger charge is 2.51. The van der Waals surface area contributed by atoms with Crippen molar-refractivity contribution in [2.75, 3.05) is 5.01 Å². The second-order valence-electron chi connectivity index (χ2n) is 5.60. The van der Waals surface area contributed by atoms with Gasteiger partial charge < -0.3 is 10.2 Å². The van der Waals surface area contributed by atoms with E-state index in [-0.39, 0.29) is 17.1 Å². The minimum absolute atomic E-state index is 0.0948. The van der Waals surface area contributed by atoms with Crippen LogP contribution in [0, 0.1) is 5.92 Å². The van der Waals surface area contributed by atoms with Crippen molar-refractivity contribution in [3.8, 4) is 0 Å². The van der Waals surface area contributed by atoms with E-state index in [9.17, 15) is 49.7 Å². The number of aliphatic hydroxyl groups excluding tert-OH is 2. The Balaban J connectivity index is 2.52. The van der Waals surface area contributed by atoms with E-state index in [0.717, 1.165) is 6.92 Å². The Hall–Kier alpha value is -2.09. The third-order valence-corrected chi connectivity index (χ3v) is 3.65. The lowest BCUT2D eigenvalue weighted by Gasteiger charge is -2.27. The number of aromatic nitrogens is 1. The van der Waals surface area contributed by atoms with Crippen molar-refractivity contribution >= 4 is 11.4 Å². The average Bonchev–Trinajstić information content (AvgIpc) is 2.78. The molecule has 0 saturated carbocycles. The van der Waals surface area contributed by atoms with Gasteiger partial charge in [-0.25, -0.2) is 9.99 Å². The first-order chi connectivity index (χ1) is 12.0. The molecule has 0 radical (unpaired) electrons. The predicted octanol–water partition coefficient (Wildman–Crippen LogP) is 3.17. The molecular weight excluding hydrogens is 401 g/mol. The van der Waals surface area contributed by atoms with Gasteiger partial charge in [-0.15, -0.1) is 0 Å². The molecule has 0 aliphatic carbocycles. The fraction of sp³-hybridized carbons (Fsp3) is 0.538.